The van der Waals surface area contributed by atoms with Crippen LogP contribution in [0.25, 0.3) is 16.1 Å². The summed E-state index contributed by atoms with van der Waals surface area (Å²) in [4.78, 5) is 0. The summed E-state index contributed by atoms with van der Waals surface area (Å²) in [6.07, 6.45) is 12.0. The Morgan fingerprint density at radius 2 is 1.95 bits per heavy atom. The third kappa shape index (κ3) is 5.50. The summed E-state index contributed by atoms with van der Waals surface area (Å²) < 4.78 is 3.36. The predicted molar refractivity (Wildman–Crippen MR) is 81.7 cm³/mol. The number of hydrogen-bond donors (Lipinski definition) is 0. The molecule has 1 heterocycles. The maximum absolute atomic E-state index is 3.36. The van der Waals surface area contributed by atoms with Gasteiger partial charge in [-0.2, -0.15) is 12.1 Å². The van der Waals surface area contributed by atoms with Gasteiger partial charge in [-0.3, -0.25) is 6.08 Å². The Morgan fingerprint density at radius 1 is 1.14 bits per heavy atom. The summed E-state index contributed by atoms with van der Waals surface area (Å²) in [5.74, 6) is 2.24. The number of hydrogen-bond acceptors (Lipinski definition) is 0. The van der Waals surface area contributed by atoms with Gasteiger partial charge in [-0.25, -0.2) is 16.9 Å². The van der Waals surface area contributed by atoms with E-state index in [0.29, 0.717) is 0 Å². The molecule has 1 atom stereocenters. The van der Waals surface area contributed by atoms with Crippen LogP contribution in [0.4, 0.5) is 0 Å². The first-order valence-corrected chi connectivity index (χ1v) is 7.77. The topological polar surface area (TPSA) is 14.1 Å². The van der Waals surface area contributed by atoms with E-state index in [1.165, 1.54) is 16.1 Å². The number of allylic oxidation sites excluding steroid dienone is 4. The molecule has 0 saturated carbocycles. The molecule has 0 bridgehead atoms. The molecule has 0 aliphatic heterocycles. The van der Waals surface area contributed by atoms with Gasteiger partial charge in [0.25, 0.3) is 0 Å². The molecule has 2 aromatic carbocycles. The first-order chi connectivity index (χ1) is 9.43. The molecule has 1 aliphatic rings. The third-order valence-corrected chi connectivity index (χ3v) is 4.72. The minimum atomic E-state index is -0.273. The zero-order valence-corrected chi connectivity index (χ0v) is 15.8. The van der Waals surface area contributed by atoms with Crippen LogP contribution < -0.4 is 29.6 Å². The van der Waals surface area contributed by atoms with E-state index < -0.39 is 0 Å². The van der Waals surface area contributed by atoms with Crippen molar-refractivity contribution in [3.05, 3.63) is 78.8 Å². The van der Waals surface area contributed by atoms with Gasteiger partial charge in [0.15, 0.2) is 6.20 Å². The molecule has 0 radical (unpaired) electrons. The van der Waals surface area contributed by atoms with Crippen LogP contribution >= 0.6 is 7.69 Å². The fraction of sp³-hybridized carbons (Fsp3) is 0.0588. The molecular weight excluding hydrogens is 368 g/mol. The minimum absolute atomic E-state index is 0. The number of aromatic nitrogens is 1. The Kier molecular flexibility index (Phi) is 10.6. The summed E-state index contributed by atoms with van der Waals surface area (Å²) in [6, 6.07) is 15.1. The van der Waals surface area contributed by atoms with E-state index in [9.17, 15) is 0 Å². The Bertz CT molecular complexity index is 674. The van der Waals surface area contributed by atoms with Crippen molar-refractivity contribution in [2.75, 3.05) is 0 Å². The fourth-order valence-electron chi connectivity index (χ4n) is 2.07. The van der Waals surface area contributed by atoms with Crippen LogP contribution in [-0.2, 0) is 21.7 Å². The molecule has 3 aromatic rings. The number of H-pyrrole nitrogens is 1. The number of halogens is 2. The molecule has 0 spiro atoms. The van der Waals surface area contributed by atoms with Crippen LogP contribution in [0.15, 0.2) is 72.7 Å². The summed E-state index contributed by atoms with van der Waals surface area (Å²) in [6.45, 7) is 0. The monoisotopic (exact) mass is 382 g/mol. The molecule has 1 nitrogen and oxygen atoms in total. The van der Waals surface area contributed by atoms with Crippen molar-refractivity contribution in [1.82, 2.24) is 0 Å². The molecular formula is C17H15Cl2NPTi+. The zero-order valence-electron chi connectivity index (χ0n) is 11.8. The Balaban J connectivity index is 0.000000482. The van der Waals surface area contributed by atoms with Crippen molar-refractivity contribution >= 4 is 18.5 Å². The first kappa shape index (κ1) is 21.3. The average Bonchev–Trinajstić information content (AvgIpc) is 3.20. The van der Waals surface area contributed by atoms with Gasteiger partial charge >= 0.3 is 21.7 Å². The Morgan fingerprint density at radius 3 is 2.50 bits per heavy atom. The quantitative estimate of drug-likeness (QED) is 0.365. The van der Waals surface area contributed by atoms with Gasteiger partial charge < -0.3 is 24.8 Å². The van der Waals surface area contributed by atoms with Crippen molar-refractivity contribution in [1.29, 1.82) is 0 Å². The second kappa shape index (κ2) is 10.9. The first-order valence-electron chi connectivity index (χ1n) is 6.36. The van der Waals surface area contributed by atoms with Crippen molar-refractivity contribution in [2.45, 2.75) is 6.42 Å². The SMILES string of the molecule is [C-]1=CC=CC1.[Cl-].[Cl-].[Ti+4].c1ccc2[cH-]c(-p3ccc[nH+]3)cc2c1. The molecule has 0 saturated heterocycles. The molecule has 1 aromatic heterocycles. The van der Waals surface area contributed by atoms with Crippen LogP contribution in [-0.4, -0.2) is 0 Å². The van der Waals surface area contributed by atoms with E-state index in [2.05, 4.69) is 65.2 Å². The van der Waals surface area contributed by atoms with Gasteiger partial charge in [0.2, 0.25) is 0 Å². The van der Waals surface area contributed by atoms with Crippen LogP contribution in [0.5, 0.6) is 0 Å². The average molecular weight is 383 g/mol. The van der Waals surface area contributed by atoms with Crippen LogP contribution in [0.1, 0.15) is 6.42 Å². The number of benzene rings is 1. The molecule has 1 N–H and O–H groups in total. The number of rotatable bonds is 1. The summed E-state index contributed by atoms with van der Waals surface area (Å²) in [5.41, 5.74) is 0. The molecule has 5 heteroatoms. The van der Waals surface area contributed by atoms with Crippen molar-refractivity contribution < 1.29 is 51.3 Å². The van der Waals surface area contributed by atoms with E-state index in [0.717, 1.165) is 6.42 Å². The van der Waals surface area contributed by atoms with Crippen LogP contribution in [0.3, 0.4) is 0 Å². The van der Waals surface area contributed by atoms with E-state index in [1.54, 1.807) is 0 Å². The van der Waals surface area contributed by atoms with E-state index in [4.69, 9.17) is 0 Å². The van der Waals surface area contributed by atoms with Gasteiger partial charge in [-0.05, 0) is 5.30 Å². The smallest absolute Gasteiger partial charge is 1.00 e. The standard InChI is InChI=1S/C12H9NP.C5H5.2ClH.Ti/c1-2-5-11-9-12(8-10(11)4-1)14-7-3-6-13-14;1-2-4-5-3-1;;;/h1-9H;1-3H,4H2;2*1H;/q2*-1;;;+4/p-1. The molecule has 0 fully saturated rings. The summed E-state index contributed by atoms with van der Waals surface area (Å²) in [5, 5.41) is 4.09. The maximum Gasteiger partial charge on any atom is 4.00 e. The zero-order chi connectivity index (χ0) is 12.9. The van der Waals surface area contributed by atoms with Gasteiger partial charge in [-0.1, -0.05) is 6.07 Å². The van der Waals surface area contributed by atoms with Gasteiger partial charge in [-0.15, -0.1) is 41.5 Å². The van der Waals surface area contributed by atoms with Crippen LogP contribution in [0.2, 0.25) is 0 Å². The van der Waals surface area contributed by atoms with Gasteiger partial charge in [0.05, 0.1) is 0 Å². The Hall–Kier alpha value is -0.686. The Labute approximate surface area is 159 Å². The number of fused-ring (bicyclic) bond motifs is 1. The largest absolute Gasteiger partial charge is 4.00 e. The number of aromatic amines is 1. The van der Waals surface area contributed by atoms with Crippen molar-refractivity contribution in [3.8, 4) is 5.30 Å². The second-order valence-corrected chi connectivity index (χ2v) is 6.17. The van der Waals surface area contributed by atoms with Crippen molar-refractivity contribution in [3.63, 3.8) is 0 Å². The van der Waals surface area contributed by atoms with E-state index >= 15 is 0 Å². The second-order valence-electron chi connectivity index (χ2n) is 4.35. The normalized spacial score (nSPS) is 11.7. The van der Waals surface area contributed by atoms with E-state index in [1.807, 2.05) is 18.3 Å². The minimum Gasteiger partial charge on any atom is -1.00 e. The number of nitrogens with one attached hydrogen (secondary N) is 1. The van der Waals surface area contributed by atoms with Crippen LogP contribution in [0, 0.1) is 6.08 Å². The molecule has 1 unspecified atom stereocenters. The molecule has 110 valence electrons. The van der Waals surface area contributed by atoms with Gasteiger partial charge in [0, 0.05) is 11.9 Å². The predicted octanol–water partition coefficient (Wildman–Crippen LogP) is -1.34. The molecule has 1 aliphatic carbocycles. The summed E-state index contributed by atoms with van der Waals surface area (Å²) in [7, 11) is -0.273. The van der Waals surface area contributed by atoms with Crippen molar-refractivity contribution in [2.24, 2.45) is 0 Å². The molecule has 4 rings (SSSR count). The van der Waals surface area contributed by atoms with Gasteiger partial charge in [0.1, 0.15) is 7.69 Å². The maximum atomic E-state index is 3.36. The van der Waals surface area contributed by atoms with E-state index in [-0.39, 0.29) is 54.2 Å². The fourth-order valence-corrected chi connectivity index (χ4v) is 3.54. The molecule has 22 heavy (non-hydrogen) atoms. The molecule has 0 amide bonds. The third-order valence-electron chi connectivity index (χ3n) is 3.01. The summed E-state index contributed by atoms with van der Waals surface area (Å²) >= 11 is 0.